The highest BCUT2D eigenvalue weighted by atomic mass is 32.2. The van der Waals surface area contributed by atoms with Crippen molar-refractivity contribution in [2.24, 2.45) is 0 Å². The number of sulfonamides is 1. The highest BCUT2D eigenvalue weighted by Crippen LogP contribution is 2.09. The maximum atomic E-state index is 11.9. The second-order valence-electron chi connectivity index (χ2n) is 4.18. The molecule has 7 heteroatoms. The Morgan fingerprint density at radius 2 is 2.41 bits per heavy atom. The van der Waals surface area contributed by atoms with Gasteiger partial charge in [-0.25, -0.2) is 13.1 Å². The van der Waals surface area contributed by atoms with Gasteiger partial charge in [0.05, 0.1) is 11.8 Å². The van der Waals surface area contributed by atoms with Gasteiger partial charge in [-0.15, -0.1) is 0 Å². The van der Waals surface area contributed by atoms with E-state index in [1.807, 2.05) is 12.3 Å². The van der Waals surface area contributed by atoms with Gasteiger partial charge in [-0.1, -0.05) is 0 Å². The van der Waals surface area contributed by atoms with E-state index in [1.165, 1.54) is 0 Å². The van der Waals surface area contributed by atoms with Crippen molar-refractivity contribution < 1.29 is 8.42 Å². The molecule has 0 spiro atoms. The van der Waals surface area contributed by atoms with Crippen molar-refractivity contribution in [3.63, 3.8) is 0 Å². The van der Waals surface area contributed by atoms with Crippen LogP contribution in [0.3, 0.4) is 0 Å². The Hall–Kier alpha value is -0.920. The molecule has 0 aliphatic carbocycles. The van der Waals surface area contributed by atoms with E-state index in [1.54, 1.807) is 10.9 Å². The highest BCUT2D eigenvalue weighted by Gasteiger charge is 2.26. The Morgan fingerprint density at radius 3 is 3.06 bits per heavy atom. The van der Waals surface area contributed by atoms with Crippen molar-refractivity contribution in [1.29, 1.82) is 0 Å². The lowest BCUT2D eigenvalue weighted by Crippen LogP contribution is -2.44. The summed E-state index contributed by atoms with van der Waals surface area (Å²) in [5, 5.41) is 6.83. The zero-order valence-electron chi connectivity index (χ0n) is 9.67. The molecule has 0 radical (unpaired) electrons. The van der Waals surface area contributed by atoms with Crippen LogP contribution in [-0.4, -0.2) is 43.1 Å². The average molecular weight is 258 g/mol. The van der Waals surface area contributed by atoms with Gasteiger partial charge in [0.15, 0.2) is 0 Å². The SMILES string of the molecule is O=S(=O)(NCCn1cccn1)C1CCCNC1. The van der Waals surface area contributed by atoms with Crippen LogP contribution >= 0.6 is 0 Å². The topological polar surface area (TPSA) is 76.0 Å². The molecule has 0 aromatic carbocycles. The largest absolute Gasteiger partial charge is 0.315 e. The first-order valence-corrected chi connectivity index (χ1v) is 7.40. The van der Waals surface area contributed by atoms with Gasteiger partial charge in [-0.3, -0.25) is 4.68 Å². The second kappa shape index (κ2) is 5.61. The first kappa shape index (κ1) is 12.5. The van der Waals surface area contributed by atoms with E-state index in [2.05, 4.69) is 15.1 Å². The molecule has 1 saturated heterocycles. The molecule has 2 rings (SSSR count). The fourth-order valence-corrected chi connectivity index (χ4v) is 3.36. The molecule has 0 saturated carbocycles. The van der Waals surface area contributed by atoms with E-state index >= 15 is 0 Å². The summed E-state index contributed by atoms with van der Waals surface area (Å²) in [5.41, 5.74) is 0. The van der Waals surface area contributed by atoms with E-state index in [-0.39, 0.29) is 5.25 Å². The van der Waals surface area contributed by atoms with Gasteiger partial charge in [0.25, 0.3) is 0 Å². The zero-order valence-corrected chi connectivity index (χ0v) is 10.5. The van der Waals surface area contributed by atoms with Crippen LogP contribution in [0.2, 0.25) is 0 Å². The quantitative estimate of drug-likeness (QED) is 0.750. The fraction of sp³-hybridized carbons (Fsp3) is 0.700. The van der Waals surface area contributed by atoms with Gasteiger partial charge >= 0.3 is 0 Å². The van der Waals surface area contributed by atoms with E-state index in [0.29, 0.717) is 19.6 Å². The van der Waals surface area contributed by atoms with Crippen LogP contribution < -0.4 is 10.0 Å². The first-order chi connectivity index (χ1) is 8.18. The lowest BCUT2D eigenvalue weighted by Gasteiger charge is -2.22. The summed E-state index contributed by atoms with van der Waals surface area (Å²) in [6.07, 6.45) is 5.16. The van der Waals surface area contributed by atoms with Crippen LogP contribution in [0.15, 0.2) is 18.5 Å². The maximum Gasteiger partial charge on any atom is 0.215 e. The zero-order chi connectivity index (χ0) is 12.1. The van der Waals surface area contributed by atoms with Crippen LogP contribution in [0.1, 0.15) is 12.8 Å². The van der Waals surface area contributed by atoms with Gasteiger partial charge in [0.1, 0.15) is 0 Å². The number of nitrogens with zero attached hydrogens (tertiary/aromatic N) is 2. The van der Waals surface area contributed by atoms with Crippen molar-refractivity contribution in [2.45, 2.75) is 24.6 Å². The van der Waals surface area contributed by atoms with Crippen LogP contribution in [0.5, 0.6) is 0 Å². The summed E-state index contributed by atoms with van der Waals surface area (Å²) in [4.78, 5) is 0. The van der Waals surface area contributed by atoms with Crippen molar-refractivity contribution in [2.75, 3.05) is 19.6 Å². The fourth-order valence-electron chi connectivity index (χ4n) is 1.94. The summed E-state index contributed by atoms with van der Waals surface area (Å²) in [5.74, 6) is 0. The molecule has 0 bridgehead atoms. The number of piperidine rings is 1. The Bertz CT molecular complexity index is 423. The van der Waals surface area contributed by atoms with E-state index in [0.717, 1.165) is 19.4 Å². The van der Waals surface area contributed by atoms with Crippen LogP contribution in [-0.2, 0) is 16.6 Å². The molecule has 1 aromatic rings. The average Bonchev–Trinajstić information content (AvgIpc) is 2.83. The summed E-state index contributed by atoms with van der Waals surface area (Å²) in [6.45, 7) is 2.42. The minimum atomic E-state index is -3.19. The van der Waals surface area contributed by atoms with Gasteiger partial charge in [-0.05, 0) is 25.5 Å². The highest BCUT2D eigenvalue weighted by molar-refractivity contribution is 7.90. The third-order valence-electron chi connectivity index (χ3n) is 2.89. The molecule has 2 heterocycles. The molecule has 17 heavy (non-hydrogen) atoms. The van der Waals surface area contributed by atoms with Crippen LogP contribution in [0.4, 0.5) is 0 Å². The number of nitrogens with one attached hydrogen (secondary N) is 2. The predicted octanol–water partition coefficient (Wildman–Crippen LogP) is -0.445. The normalized spacial score (nSPS) is 21.5. The Kier molecular flexibility index (Phi) is 4.14. The molecule has 1 unspecified atom stereocenters. The lowest BCUT2D eigenvalue weighted by molar-refractivity contribution is 0.486. The van der Waals surface area contributed by atoms with Crippen molar-refractivity contribution in [1.82, 2.24) is 19.8 Å². The molecule has 2 N–H and O–H groups in total. The Labute approximate surface area is 101 Å². The van der Waals surface area contributed by atoms with E-state index in [9.17, 15) is 8.42 Å². The van der Waals surface area contributed by atoms with Gasteiger partial charge in [-0.2, -0.15) is 5.10 Å². The minimum Gasteiger partial charge on any atom is -0.315 e. The molecule has 1 aliphatic rings. The van der Waals surface area contributed by atoms with Crippen molar-refractivity contribution in [3.8, 4) is 0 Å². The number of hydrogen-bond acceptors (Lipinski definition) is 4. The van der Waals surface area contributed by atoms with Crippen LogP contribution in [0.25, 0.3) is 0 Å². The van der Waals surface area contributed by atoms with Crippen LogP contribution in [0, 0.1) is 0 Å². The first-order valence-electron chi connectivity index (χ1n) is 5.85. The molecule has 96 valence electrons. The summed E-state index contributed by atoms with van der Waals surface area (Å²) >= 11 is 0. The van der Waals surface area contributed by atoms with Gasteiger partial charge < -0.3 is 5.32 Å². The standard InChI is InChI=1S/C10H18N4O2S/c15-17(16,10-3-1-4-11-9-10)13-6-8-14-7-2-5-12-14/h2,5,7,10-11,13H,1,3-4,6,8-9H2. The van der Waals surface area contributed by atoms with Gasteiger partial charge in [0.2, 0.25) is 10.0 Å². The summed E-state index contributed by atoms with van der Waals surface area (Å²) in [7, 11) is -3.19. The molecule has 1 atom stereocenters. The monoisotopic (exact) mass is 258 g/mol. The molecule has 1 fully saturated rings. The van der Waals surface area contributed by atoms with E-state index in [4.69, 9.17) is 0 Å². The Morgan fingerprint density at radius 1 is 1.53 bits per heavy atom. The van der Waals surface area contributed by atoms with Crippen molar-refractivity contribution >= 4 is 10.0 Å². The number of rotatable bonds is 5. The molecule has 0 amide bonds. The molecule has 1 aromatic heterocycles. The summed E-state index contributed by atoms with van der Waals surface area (Å²) < 4.78 is 28.2. The second-order valence-corrected chi connectivity index (χ2v) is 6.22. The van der Waals surface area contributed by atoms with Gasteiger partial charge in [0, 0.05) is 25.5 Å². The third kappa shape index (κ3) is 3.52. The third-order valence-corrected chi connectivity index (χ3v) is 4.78. The van der Waals surface area contributed by atoms with Crippen molar-refractivity contribution in [3.05, 3.63) is 18.5 Å². The minimum absolute atomic E-state index is 0.297. The number of aromatic nitrogens is 2. The molecule has 6 nitrogen and oxygen atoms in total. The molecular formula is C10H18N4O2S. The smallest absolute Gasteiger partial charge is 0.215 e. The number of hydrogen-bond donors (Lipinski definition) is 2. The Balaban J connectivity index is 1.80. The summed E-state index contributed by atoms with van der Waals surface area (Å²) in [6, 6.07) is 1.82. The molecule has 1 aliphatic heterocycles. The molecular weight excluding hydrogens is 240 g/mol. The predicted molar refractivity (Wildman–Crippen MR) is 65.0 cm³/mol. The maximum absolute atomic E-state index is 11.9. The van der Waals surface area contributed by atoms with E-state index < -0.39 is 10.0 Å². The lowest BCUT2D eigenvalue weighted by atomic mass is 10.2.